The predicted molar refractivity (Wildman–Crippen MR) is 111 cm³/mol. The Hall–Kier alpha value is -2.92. The van der Waals surface area contributed by atoms with Crippen molar-refractivity contribution in [2.24, 2.45) is 5.41 Å². The maximum atomic E-state index is 13.2. The first kappa shape index (κ1) is 22.9. The van der Waals surface area contributed by atoms with Crippen LogP contribution >= 0.6 is 0 Å². The normalized spacial score (nSPS) is 25.5. The summed E-state index contributed by atoms with van der Waals surface area (Å²) in [5.74, 6) is -0.317. The number of alkyl halides is 3. The number of fused-ring (bicyclic) bond motifs is 1. The van der Waals surface area contributed by atoms with Crippen molar-refractivity contribution in [2.45, 2.75) is 37.1 Å². The Kier molecular flexibility index (Phi) is 5.64. The van der Waals surface area contributed by atoms with Gasteiger partial charge >= 0.3 is 6.18 Å². The average Bonchev–Trinajstić information content (AvgIpc) is 3.54. The summed E-state index contributed by atoms with van der Waals surface area (Å²) in [6, 6.07) is 8.44. The van der Waals surface area contributed by atoms with Gasteiger partial charge in [0.05, 0.1) is 19.3 Å². The zero-order chi connectivity index (χ0) is 24.0. The van der Waals surface area contributed by atoms with Crippen LogP contribution in [0.5, 0.6) is 11.6 Å². The number of methoxy groups -OCH3 is 1. The summed E-state index contributed by atoms with van der Waals surface area (Å²) < 4.78 is 61.9. The Bertz CT molecular complexity index is 1060. The van der Waals surface area contributed by atoms with Crippen LogP contribution in [0.25, 0.3) is 0 Å². The van der Waals surface area contributed by atoms with Gasteiger partial charge in [0.25, 0.3) is 11.8 Å². The summed E-state index contributed by atoms with van der Waals surface area (Å²) in [5, 5.41) is 0. The number of carbonyl (C=O) groups excluding carboxylic acids is 1. The SMILES string of the molecule is COc1nc(C(=O)N2CCC3(c4ccccn4)OCOC3C2)ccc1OCC1(C(F)(F)F)CC1. The van der Waals surface area contributed by atoms with E-state index >= 15 is 0 Å². The molecular formula is C23H24F3N3O5. The number of ether oxygens (including phenoxy) is 4. The lowest BCUT2D eigenvalue weighted by atomic mass is 9.85. The third-order valence-corrected chi connectivity index (χ3v) is 6.83. The maximum absolute atomic E-state index is 13.2. The highest BCUT2D eigenvalue weighted by Crippen LogP contribution is 2.57. The first-order chi connectivity index (χ1) is 16.3. The molecule has 0 radical (unpaired) electrons. The summed E-state index contributed by atoms with van der Waals surface area (Å²) in [6.45, 7) is 0.279. The molecule has 2 aromatic rings. The number of likely N-dealkylation sites (tertiary alicyclic amines) is 1. The molecule has 4 heterocycles. The highest BCUT2D eigenvalue weighted by Gasteiger charge is 2.64. The Balaban J connectivity index is 1.29. The van der Waals surface area contributed by atoms with Crippen LogP contribution in [0.4, 0.5) is 13.2 Å². The molecule has 2 saturated heterocycles. The van der Waals surface area contributed by atoms with Gasteiger partial charge in [-0.15, -0.1) is 0 Å². The minimum atomic E-state index is -4.33. The Morgan fingerprint density at radius 1 is 1.24 bits per heavy atom. The van der Waals surface area contributed by atoms with Crippen LogP contribution in [0.15, 0.2) is 36.5 Å². The molecule has 8 nitrogen and oxygen atoms in total. The van der Waals surface area contributed by atoms with Gasteiger partial charge in [0.1, 0.15) is 36.2 Å². The first-order valence-electron chi connectivity index (χ1n) is 11.0. The quantitative estimate of drug-likeness (QED) is 0.629. The van der Waals surface area contributed by atoms with Crippen LogP contribution in [0.2, 0.25) is 0 Å². The highest BCUT2D eigenvalue weighted by atomic mass is 19.4. The molecule has 2 aliphatic heterocycles. The molecule has 2 aromatic heterocycles. The standard InChI is InChI=1S/C23H24F3N3O5/c1-31-19-16(32-13-21(7-8-21)23(24,25)26)6-5-15(28-19)20(30)29-11-9-22(17-4-2-3-10-27-17)18(12-29)33-14-34-22/h2-6,10,18H,7-9,11-14H2,1H3. The number of rotatable bonds is 6. The lowest BCUT2D eigenvalue weighted by molar-refractivity contribution is -0.194. The predicted octanol–water partition coefficient (Wildman–Crippen LogP) is 3.32. The second kappa shape index (κ2) is 8.38. The van der Waals surface area contributed by atoms with Crippen molar-refractivity contribution in [1.29, 1.82) is 0 Å². The third-order valence-electron chi connectivity index (χ3n) is 6.83. The number of hydrogen-bond acceptors (Lipinski definition) is 7. The van der Waals surface area contributed by atoms with Crippen LogP contribution in [-0.2, 0) is 15.1 Å². The minimum Gasteiger partial charge on any atom is -0.487 e. The molecule has 0 aromatic carbocycles. The Labute approximate surface area is 194 Å². The molecule has 34 heavy (non-hydrogen) atoms. The monoisotopic (exact) mass is 479 g/mol. The topological polar surface area (TPSA) is 83.0 Å². The van der Waals surface area contributed by atoms with E-state index in [4.69, 9.17) is 18.9 Å². The summed E-state index contributed by atoms with van der Waals surface area (Å²) >= 11 is 0. The summed E-state index contributed by atoms with van der Waals surface area (Å²) in [6.07, 6.45) is -2.45. The molecule has 0 bridgehead atoms. The van der Waals surface area contributed by atoms with Gasteiger partial charge in [-0.1, -0.05) is 6.07 Å². The molecule has 2 unspecified atom stereocenters. The molecule has 1 amide bonds. The maximum Gasteiger partial charge on any atom is 0.397 e. The van der Waals surface area contributed by atoms with Crippen LogP contribution in [0.1, 0.15) is 35.4 Å². The number of amides is 1. The van der Waals surface area contributed by atoms with Crippen molar-refractivity contribution < 1.29 is 36.9 Å². The van der Waals surface area contributed by atoms with Gasteiger partial charge in [-0.3, -0.25) is 9.78 Å². The largest absolute Gasteiger partial charge is 0.487 e. The number of carbonyl (C=O) groups is 1. The fourth-order valence-electron chi connectivity index (χ4n) is 4.48. The van der Waals surface area contributed by atoms with E-state index in [0.717, 1.165) is 5.69 Å². The lowest BCUT2D eigenvalue weighted by Crippen LogP contribution is -2.54. The Morgan fingerprint density at radius 2 is 2.06 bits per heavy atom. The van der Waals surface area contributed by atoms with Crippen LogP contribution in [-0.4, -0.2) is 66.7 Å². The fourth-order valence-corrected chi connectivity index (χ4v) is 4.48. The van der Waals surface area contributed by atoms with Gasteiger partial charge in [-0.05, 0) is 37.1 Å². The number of halogens is 3. The second-order valence-electron chi connectivity index (χ2n) is 8.79. The van der Waals surface area contributed by atoms with E-state index in [1.54, 1.807) is 11.1 Å². The van der Waals surface area contributed by atoms with E-state index in [1.807, 2.05) is 18.2 Å². The van der Waals surface area contributed by atoms with Crippen molar-refractivity contribution in [3.05, 3.63) is 47.9 Å². The van der Waals surface area contributed by atoms with Crippen LogP contribution < -0.4 is 9.47 Å². The zero-order valence-corrected chi connectivity index (χ0v) is 18.5. The smallest absolute Gasteiger partial charge is 0.397 e. The van der Waals surface area contributed by atoms with E-state index in [1.165, 1.54) is 19.2 Å². The molecule has 2 atom stereocenters. The molecule has 3 aliphatic rings. The van der Waals surface area contributed by atoms with Crippen molar-refractivity contribution in [1.82, 2.24) is 14.9 Å². The second-order valence-corrected chi connectivity index (χ2v) is 8.79. The molecule has 0 spiro atoms. The summed E-state index contributed by atoms with van der Waals surface area (Å²) in [7, 11) is 1.33. The molecule has 182 valence electrons. The van der Waals surface area contributed by atoms with Gasteiger partial charge in [0, 0.05) is 19.2 Å². The van der Waals surface area contributed by atoms with Gasteiger partial charge in [0.15, 0.2) is 5.75 Å². The molecule has 1 saturated carbocycles. The molecule has 1 aliphatic carbocycles. The molecule has 0 N–H and O–H groups in total. The van der Waals surface area contributed by atoms with E-state index < -0.39 is 23.8 Å². The summed E-state index contributed by atoms with van der Waals surface area (Å²) in [5.41, 5.74) is -1.66. The van der Waals surface area contributed by atoms with Crippen molar-refractivity contribution >= 4 is 5.91 Å². The zero-order valence-electron chi connectivity index (χ0n) is 18.5. The highest BCUT2D eigenvalue weighted by molar-refractivity contribution is 5.92. The first-order valence-corrected chi connectivity index (χ1v) is 11.0. The third kappa shape index (κ3) is 3.86. The van der Waals surface area contributed by atoms with E-state index in [9.17, 15) is 18.0 Å². The van der Waals surface area contributed by atoms with E-state index in [-0.39, 0.29) is 55.5 Å². The van der Waals surface area contributed by atoms with Crippen molar-refractivity contribution in [3.63, 3.8) is 0 Å². The van der Waals surface area contributed by atoms with Crippen LogP contribution in [0.3, 0.4) is 0 Å². The number of pyridine rings is 2. The van der Waals surface area contributed by atoms with Crippen molar-refractivity contribution in [3.8, 4) is 11.6 Å². The number of aromatic nitrogens is 2. The Morgan fingerprint density at radius 3 is 2.74 bits per heavy atom. The number of piperidine rings is 1. The van der Waals surface area contributed by atoms with E-state index in [2.05, 4.69) is 9.97 Å². The molecule has 3 fully saturated rings. The van der Waals surface area contributed by atoms with E-state index in [0.29, 0.717) is 13.0 Å². The van der Waals surface area contributed by atoms with Crippen LogP contribution in [0, 0.1) is 5.41 Å². The van der Waals surface area contributed by atoms with Gasteiger partial charge < -0.3 is 23.8 Å². The van der Waals surface area contributed by atoms with Gasteiger partial charge in [0.2, 0.25) is 0 Å². The molecule has 11 heteroatoms. The number of hydrogen-bond donors (Lipinski definition) is 0. The van der Waals surface area contributed by atoms with Gasteiger partial charge in [-0.2, -0.15) is 13.2 Å². The lowest BCUT2D eigenvalue weighted by Gasteiger charge is -2.41. The fraction of sp³-hybridized carbons (Fsp3) is 0.522. The van der Waals surface area contributed by atoms with Crippen molar-refractivity contribution in [2.75, 3.05) is 33.6 Å². The summed E-state index contributed by atoms with van der Waals surface area (Å²) in [4.78, 5) is 23.4. The number of nitrogens with zero attached hydrogens (tertiary/aromatic N) is 3. The van der Waals surface area contributed by atoms with Gasteiger partial charge in [-0.25, -0.2) is 4.98 Å². The minimum absolute atomic E-state index is 0.0325. The molecular weight excluding hydrogens is 455 g/mol. The average molecular weight is 479 g/mol. The molecule has 5 rings (SSSR count).